The van der Waals surface area contributed by atoms with E-state index in [-0.39, 0.29) is 11.1 Å². The molecule has 0 aliphatic heterocycles. The monoisotopic (exact) mass is 253 g/mol. The van der Waals surface area contributed by atoms with Gasteiger partial charge in [0.05, 0.1) is 12.4 Å². The Morgan fingerprint density at radius 1 is 1.50 bits per heavy atom. The van der Waals surface area contributed by atoms with Gasteiger partial charge in [-0.15, -0.1) is 0 Å². The van der Waals surface area contributed by atoms with Gasteiger partial charge in [-0.25, -0.2) is 9.78 Å². The number of nitrogens with one attached hydrogen (secondary N) is 1. The van der Waals surface area contributed by atoms with Crippen LogP contribution in [0.2, 0.25) is 0 Å². The zero-order chi connectivity index (χ0) is 13.6. The van der Waals surface area contributed by atoms with Crippen LogP contribution in [0.4, 0.5) is 5.82 Å². The van der Waals surface area contributed by atoms with Crippen LogP contribution >= 0.6 is 0 Å². The summed E-state index contributed by atoms with van der Waals surface area (Å²) in [4.78, 5) is 18.5. The van der Waals surface area contributed by atoms with E-state index in [4.69, 9.17) is 9.84 Å². The fourth-order valence-corrected chi connectivity index (χ4v) is 1.35. The van der Waals surface area contributed by atoms with Crippen LogP contribution in [0.5, 0.6) is 0 Å². The second-order valence-electron chi connectivity index (χ2n) is 4.86. The van der Waals surface area contributed by atoms with Gasteiger partial charge in [-0.1, -0.05) is 13.8 Å². The minimum absolute atomic E-state index is 0.0386. The smallest absolute Gasteiger partial charge is 0.356 e. The van der Waals surface area contributed by atoms with E-state index in [2.05, 4.69) is 29.1 Å². The third-order valence-electron chi connectivity index (χ3n) is 2.58. The highest BCUT2D eigenvalue weighted by molar-refractivity contribution is 5.85. The Labute approximate surface area is 106 Å². The minimum Gasteiger partial charge on any atom is -0.476 e. The molecule has 100 valence electrons. The normalized spacial score (nSPS) is 11.3. The summed E-state index contributed by atoms with van der Waals surface area (Å²) in [6.45, 7) is 5.57. The van der Waals surface area contributed by atoms with Crippen LogP contribution in [0.25, 0.3) is 0 Å². The molecule has 0 fully saturated rings. The van der Waals surface area contributed by atoms with Crippen molar-refractivity contribution in [1.82, 2.24) is 9.97 Å². The van der Waals surface area contributed by atoms with Crippen LogP contribution in [0.15, 0.2) is 12.4 Å². The van der Waals surface area contributed by atoms with Crippen LogP contribution in [-0.4, -0.2) is 41.3 Å². The maximum Gasteiger partial charge on any atom is 0.356 e. The number of nitrogens with zero attached hydrogens (tertiary/aromatic N) is 2. The SMILES string of the molecule is COCCC(C)(C)CNc1cncc(C(=O)O)n1. The Balaban J connectivity index is 2.57. The van der Waals surface area contributed by atoms with Gasteiger partial charge in [-0.05, 0) is 11.8 Å². The van der Waals surface area contributed by atoms with Crippen molar-refractivity contribution >= 4 is 11.8 Å². The summed E-state index contributed by atoms with van der Waals surface area (Å²) < 4.78 is 5.05. The third-order valence-corrected chi connectivity index (χ3v) is 2.58. The molecule has 1 aromatic heterocycles. The first-order chi connectivity index (χ1) is 8.44. The Bertz CT molecular complexity index is 407. The number of rotatable bonds is 7. The molecule has 0 saturated carbocycles. The van der Waals surface area contributed by atoms with Gasteiger partial charge >= 0.3 is 5.97 Å². The maximum atomic E-state index is 10.7. The van der Waals surface area contributed by atoms with E-state index in [1.54, 1.807) is 7.11 Å². The van der Waals surface area contributed by atoms with E-state index in [1.807, 2.05) is 0 Å². The van der Waals surface area contributed by atoms with E-state index in [0.29, 0.717) is 19.0 Å². The van der Waals surface area contributed by atoms with Crippen molar-refractivity contribution in [2.45, 2.75) is 20.3 Å². The highest BCUT2D eigenvalue weighted by Crippen LogP contribution is 2.20. The Kier molecular flexibility index (Phi) is 5.03. The molecule has 6 heteroatoms. The van der Waals surface area contributed by atoms with Crippen molar-refractivity contribution in [2.75, 3.05) is 25.6 Å². The highest BCUT2D eigenvalue weighted by Gasteiger charge is 2.17. The topological polar surface area (TPSA) is 84.3 Å². The van der Waals surface area contributed by atoms with Crippen molar-refractivity contribution in [3.05, 3.63) is 18.1 Å². The van der Waals surface area contributed by atoms with Gasteiger partial charge < -0.3 is 15.2 Å². The predicted molar refractivity (Wildman–Crippen MR) is 67.8 cm³/mol. The zero-order valence-electron chi connectivity index (χ0n) is 10.9. The van der Waals surface area contributed by atoms with Gasteiger partial charge in [0.15, 0.2) is 5.69 Å². The summed E-state index contributed by atoms with van der Waals surface area (Å²) >= 11 is 0. The summed E-state index contributed by atoms with van der Waals surface area (Å²) in [5.74, 6) is -0.606. The number of ether oxygens (including phenoxy) is 1. The van der Waals surface area contributed by atoms with Crippen molar-refractivity contribution < 1.29 is 14.6 Å². The lowest BCUT2D eigenvalue weighted by molar-refractivity contribution is 0.0690. The molecule has 6 nitrogen and oxygen atoms in total. The molecule has 1 rings (SSSR count). The number of anilines is 1. The van der Waals surface area contributed by atoms with Gasteiger partial charge in [0, 0.05) is 20.3 Å². The Hall–Kier alpha value is -1.69. The molecule has 0 unspecified atom stereocenters. The average Bonchev–Trinajstić information content (AvgIpc) is 2.34. The van der Waals surface area contributed by atoms with E-state index in [0.717, 1.165) is 6.42 Å². The number of methoxy groups -OCH3 is 1. The first-order valence-corrected chi connectivity index (χ1v) is 5.73. The van der Waals surface area contributed by atoms with E-state index in [1.165, 1.54) is 12.4 Å². The lowest BCUT2D eigenvalue weighted by Gasteiger charge is -2.24. The number of hydrogen-bond acceptors (Lipinski definition) is 5. The van der Waals surface area contributed by atoms with Crippen LogP contribution in [0.3, 0.4) is 0 Å². The molecule has 0 saturated heterocycles. The Morgan fingerprint density at radius 2 is 2.22 bits per heavy atom. The van der Waals surface area contributed by atoms with Gasteiger partial charge in [0.25, 0.3) is 0 Å². The molecular weight excluding hydrogens is 234 g/mol. The fourth-order valence-electron chi connectivity index (χ4n) is 1.35. The van der Waals surface area contributed by atoms with Crippen LogP contribution in [-0.2, 0) is 4.74 Å². The predicted octanol–water partition coefficient (Wildman–Crippen LogP) is 1.65. The molecule has 0 atom stereocenters. The van der Waals surface area contributed by atoms with Crippen molar-refractivity contribution in [3.8, 4) is 0 Å². The molecule has 18 heavy (non-hydrogen) atoms. The highest BCUT2D eigenvalue weighted by atomic mass is 16.5. The molecule has 0 aliphatic rings. The first kappa shape index (κ1) is 14.4. The third kappa shape index (κ3) is 4.67. The summed E-state index contributed by atoms with van der Waals surface area (Å²) in [6, 6.07) is 0. The van der Waals surface area contributed by atoms with E-state index >= 15 is 0 Å². The maximum absolute atomic E-state index is 10.7. The molecule has 0 bridgehead atoms. The van der Waals surface area contributed by atoms with Crippen LogP contribution < -0.4 is 5.32 Å². The van der Waals surface area contributed by atoms with Crippen molar-refractivity contribution in [3.63, 3.8) is 0 Å². The van der Waals surface area contributed by atoms with E-state index < -0.39 is 5.97 Å². The number of aromatic carboxylic acids is 1. The summed E-state index contributed by atoms with van der Waals surface area (Å²) in [5.41, 5.74) is -0.0219. The van der Waals surface area contributed by atoms with E-state index in [9.17, 15) is 4.79 Å². The second kappa shape index (κ2) is 6.30. The summed E-state index contributed by atoms with van der Waals surface area (Å²) in [7, 11) is 1.67. The molecule has 1 aromatic rings. The van der Waals surface area contributed by atoms with Gasteiger partial charge in [-0.2, -0.15) is 0 Å². The molecule has 0 aliphatic carbocycles. The quantitative estimate of drug-likeness (QED) is 0.768. The number of carbonyl (C=O) groups is 1. The van der Waals surface area contributed by atoms with Gasteiger partial charge in [0.1, 0.15) is 5.82 Å². The first-order valence-electron chi connectivity index (χ1n) is 5.73. The summed E-state index contributed by atoms with van der Waals surface area (Å²) in [6.07, 6.45) is 3.64. The number of aromatic nitrogens is 2. The summed E-state index contributed by atoms with van der Waals surface area (Å²) in [5, 5.41) is 11.9. The number of carboxylic acids is 1. The minimum atomic E-state index is -1.08. The second-order valence-corrected chi connectivity index (χ2v) is 4.86. The van der Waals surface area contributed by atoms with Gasteiger partial charge in [0.2, 0.25) is 0 Å². The molecule has 0 amide bonds. The largest absolute Gasteiger partial charge is 0.476 e. The standard InChI is InChI=1S/C12H19N3O3/c1-12(2,4-5-18-3)8-14-10-7-13-6-9(15-10)11(16)17/h6-7H,4-5,8H2,1-3H3,(H,14,15)(H,16,17). The molecule has 0 aromatic carbocycles. The molecule has 0 spiro atoms. The average molecular weight is 253 g/mol. The van der Waals surface area contributed by atoms with Gasteiger partial charge in [-0.3, -0.25) is 4.98 Å². The molecule has 1 heterocycles. The zero-order valence-corrected chi connectivity index (χ0v) is 10.9. The molecule has 0 radical (unpaired) electrons. The van der Waals surface area contributed by atoms with Crippen molar-refractivity contribution in [2.24, 2.45) is 5.41 Å². The Morgan fingerprint density at radius 3 is 2.83 bits per heavy atom. The van der Waals surface area contributed by atoms with Crippen LogP contribution in [0.1, 0.15) is 30.8 Å². The number of hydrogen-bond donors (Lipinski definition) is 2. The molecule has 2 N–H and O–H groups in total. The number of carboxylic acid groups (broad SMARTS) is 1. The van der Waals surface area contributed by atoms with Crippen LogP contribution in [0, 0.1) is 5.41 Å². The lowest BCUT2D eigenvalue weighted by Crippen LogP contribution is -2.25. The lowest BCUT2D eigenvalue weighted by atomic mass is 9.90. The van der Waals surface area contributed by atoms with Crippen molar-refractivity contribution in [1.29, 1.82) is 0 Å². The fraction of sp³-hybridized carbons (Fsp3) is 0.583. The molecular formula is C12H19N3O3.